The third kappa shape index (κ3) is 4.55. The normalized spacial score (nSPS) is 18.7. The summed E-state index contributed by atoms with van der Waals surface area (Å²) < 4.78 is 0. The van der Waals surface area contributed by atoms with Crippen molar-refractivity contribution in [1.29, 1.82) is 0 Å². The van der Waals surface area contributed by atoms with E-state index in [0.29, 0.717) is 12.6 Å². The van der Waals surface area contributed by atoms with Gasteiger partial charge in [0.15, 0.2) is 0 Å². The van der Waals surface area contributed by atoms with Crippen molar-refractivity contribution >= 4 is 5.91 Å². The van der Waals surface area contributed by atoms with Crippen LogP contribution in [-0.2, 0) is 4.79 Å². The number of aromatic amines is 1. The molecule has 3 aromatic rings. The fourth-order valence-electron chi connectivity index (χ4n) is 4.22. The zero-order valence-corrected chi connectivity index (χ0v) is 18.7. The Morgan fingerprint density at radius 1 is 1.10 bits per heavy atom. The molecule has 4 rings (SSSR count). The summed E-state index contributed by atoms with van der Waals surface area (Å²) in [5.74, 6) is 0.962. The minimum Gasteiger partial charge on any atom is -0.340 e. The number of nitrogens with one attached hydrogen (secondary N) is 2. The van der Waals surface area contributed by atoms with Gasteiger partial charge in [0.1, 0.15) is 5.82 Å². The highest BCUT2D eigenvalue weighted by atomic mass is 16.2. The number of aryl methyl sites for hydroxylation is 1. The van der Waals surface area contributed by atoms with Gasteiger partial charge in [0.25, 0.3) is 0 Å². The van der Waals surface area contributed by atoms with Crippen LogP contribution in [0.5, 0.6) is 0 Å². The van der Waals surface area contributed by atoms with E-state index in [1.807, 2.05) is 11.1 Å². The third-order valence-electron chi connectivity index (χ3n) is 6.15. The zero-order chi connectivity index (χ0) is 22.0. The predicted molar refractivity (Wildman–Crippen MR) is 125 cm³/mol. The van der Waals surface area contributed by atoms with Crippen molar-refractivity contribution in [1.82, 2.24) is 25.1 Å². The number of amides is 1. The van der Waals surface area contributed by atoms with Crippen LogP contribution in [0.4, 0.5) is 0 Å². The Morgan fingerprint density at radius 2 is 1.71 bits per heavy atom. The Morgan fingerprint density at radius 3 is 2.32 bits per heavy atom. The van der Waals surface area contributed by atoms with Crippen molar-refractivity contribution in [3.8, 4) is 22.4 Å². The summed E-state index contributed by atoms with van der Waals surface area (Å²) in [5, 5.41) is 2.98. The second kappa shape index (κ2) is 9.04. The number of rotatable bonds is 6. The van der Waals surface area contributed by atoms with Gasteiger partial charge in [-0.3, -0.25) is 4.79 Å². The lowest BCUT2D eigenvalue weighted by molar-refractivity contribution is -0.131. The molecule has 1 fully saturated rings. The number of H-pyrrole nitrogens is 1. The van der Waals surface area contributed by atoms with E-state index < -0.39 is 0 Å². The molecule has 162 valence electrons. The summed E-state index contributed by atoms with van der Waals surface area (Å²) in [6.45, 7) is 3.16. The van der Waals surface area contributed by atoms with Crippen LogP contribution in [0.1, 0.15) is 23.9 Å². The summed E-state index contributed by atoms with van der Waals surface area (Å²) in [5.41, 5.74) is 5.72. The van der Waals surface area contributed by atoms with Crippen LogP contribution in [0.2, 0.25) is 0 Å². The van der Waals surface area contributed by atoms with Gasteiger partial charge in [0.05, 0.1) is 24.5 Å². The van der Waals surface area contributed by atoms with Crippen LogP contribution in [0.3, 0.4) is 0 Å². The van der Waals surface area contributed by atoms with E-state index in [4.69, 9.17) is 0 Å². The number of likely N-dealkylation sites (N-methyl/N-ethyl adjacent to an activating group) is 2. The molecule has 1 saturated heterocycles. The smallest absolute Gasteiger partial charge is 0.237 e. The average Bonchev–Trinajstić information content (AvgIpc) is 3.42. The van der Waals surface area contributed by atoms with E-state index in [1.165, 1.54) is 16.7 Å². The van der Waals surface area contributed by atoms with E-state index in [-0.39, 0.29) is 11.9 Å². The zero-order valence-electron chi connectivity index (χ0n) is 18.7. The first-order valence-electron chi connectivity index (χ1n) is 10.8. The Bertz CT molecular complexity index is 1020. The molecule has 0 spiro atoms. The first kappa shape index (κ1) is 21.3. The standard InChI is InChI=1S/C25H31N5O/c1-17-5-7-18(8-6-17)19-9-11-20(12-10-19)22-14-27-25(28-22)23-13-21(29(3)4)16-30(23)24(31)15-26-2/h5-12,14,21,23,26H,13,15-16H2,1-4H3,(H,27,28). The second-order valence-electron chi connectivity index (χ2n) is 8.57. The summed E-state index contributed by atoms with van der Waals surface area (Å²) in [7, 11) is 5.94. The maximum absolute atomic E-state index is 12.7. The fourth-order valence-corrected chi connectivity index (χ4v) is 4.22. The Hall–Kier alpha value is -2.96. The molecule has 2 heterocycles. The van der Waals surface area contributed by atoms with Gasteiger partial charge in [-0.25, -0.2) is 4.98 Å². The average molecular weight is 418 g/mol. The number of imidazole rings is 1. The van der Waals surface area contributed by atoms with Crippen molar-refractivity contribution in [3.05, 3.63) is 66.1 Å². The number of aromatic nitrogens is 2. The minimum atomic E-state index is -0.0335. The molecule has 2 aromatic carbocycles. The predicted octanol–water partition coefficient (Wildman–Crippen LogP) is 3.48. The molecule has 0 saturated carbocycles. The number of nitrogens with zero attached hydrogens (tertiary/aromatic N) is 3. The van der Waals surface area contributed by atoms with E-state index >= 15 is 0 Å². The van der Waals surface area contributed by atoms with Crippen LogP contribution in [0, 0.1) is 6.92 Å². The van der Waals surface area contributed by atoms with Crippen LogP contribution < -0.4 is 5.32 Å². The summed E-state index contributed by atoms with van der Waals surface area (Å²) in [4.78, 5) is 25.0. The highest BCUT2D eigenvalue weighted by molar-refractivity contribution is 5.79. The van der Waals surface area contributed by atoms with Gasteiger partial charge < -0.3 is 20.1 Å². The van der Waals surface area contributed by atoms with E-state index in [2.05, 4.69) is 89.7 Å². The van der Waals surface area contributed by atoms with Crippen LogP contribution >= 0.6 is 0 Å². The molecule has 31 heavy (non-hydrogen) atoms. The highest BCUT2D eigenvalue weighted by Gasteiger charge is 2.38. The van der Waals surface area contributed by atoms with Crippen LogP contribution in [-0.4, -0.2) is 65.9 Å². The first-order chi connectivity index (χ1) is 15.0. The van der Waals surface area contributed by atoms with Gasteiger partial charge in [-0.2, -0.15) is 0 Å². The molecular weight excluding hydrogens is 386 g/mol. The molecule has 6 heteroatoms. The molecule has 6 nitrogen and oxygen atoms in total. The topological polar surface area (TPSA) is 64.3 Å². The highest BCUT2D eigenvalue weighted by Crippen LogP contribution is 2.33. The molecule has 1 aromatic heterocycles. The minimum absolute atomic E-state index is 0.0335. The Balaban J connectivity index is 1.55. The maximum Gasteiger partial charge on any atom is 0.237 e. The number of carbonyl (C=O) groups excluding carboxylic acids is 1. The molecular formula is C25H31N5O. The monoisotopic (exact) mass is 417 g/mol. The summed E-state index contributed by atoms with van der Waals surface area (Å²) in [6.07, 6.45) is 2.75. The lowest BCUT2D eigenvalue weighted by Gasteiger charge is -2.23. The van der Waals surface area contributed by atoms with Crippen molar-refractivity contribution < 1.29 is 4.79 Å². The van der Waals surface area contributed by atoms with Gasteiger partial charge in [-0.15, -0.1) is 0 Å². The van der Waals surface area contributed by atoms with Gasteiger partial charge in [-0.05, 0) is 51.2 Å². The maximum atomic E-state index is 12.7. The van der Waals surface area contributed by atoms with Gasteiger partial charge in [-0.1, -0.05) is 54.1 Å². The van der Waals surface area contributed by atoms with Crippen molar-refractivity contribution in [2.75, 3.05) is 34.2 Å². The van der Waals surface area contributed by atoms with Crippen molar-refractivity contribution in [3.63, 3.8) is 0 Å². The first-order valence-corrected chi connectivity index (χ1v) is 10.8. The van der Waals surface area contributed by atoms with Crippen molar-refractivity contribution in [2.45, 2.75) is 25.4 Å². The van der Waals surface area contributed by atoms with Crippen LogP contribution in [0.15, 0.2) is 54.7 Å². The van der Waals surface area contributed by atoms with Gasteiger partial charge >= 0.3 is 0 Å². The van der Waals surface area contributed by atoms with E-state index in [9.17, 15) is 4.79 Å². The Kier molecular flexibility index (Phi) is 6.20. The number of benzene rings is 2. The quantitative estimate of drug-likeness (QED) is 0.645. The molecule has 1 aliphatic heterocycles. The lowest BCUT2D eigenvalue weighted by atomic mass is 10.0. The third-order valence-corrected chi connectivity index (χ3v) is 6.15. The number of carbonyl (C=O) groups is 1. The molecule has 1 aliphatic rings. The SMILES string of the molecule is CNCC(=O)N1CC(N(C)C)CC1c1ncc(-c2ccc(-c3ccc(C)cc3)cc2)[nH]1. The molecule has 2 unspecified atom stereocenters. The molecule has 0 aliphatic carbocycles. The van der Waals surface area contributed by atoms with E-state index in [1.54, 1.807) is 7.05 Å². The number of likely N-dealkylation sites (tertiary alicyclic amines) is 1. The van der Waals surface area contributed by atoms with Crippen LogP contribution in [0.25, 0.3) is 22.4 Å². The van der Waals surface area contributed by atoms with Gasteiger partial charge in [0.2, 0.25) is 5.91 Å². The van der Waals surface area contributed by atoms with Gasteiger partial charge in [0, 0.05) is 12.6 Å². The number of hydrogen-bond acceptors (Lipinski definition) is 4. The van der Waals surface area contributed by atoms with Crippen molar-refractivity contribution in [2.24, 2.45) is 0 Å². The molecule has 2 atom stereocenters. The van der Waals surface area contributed by atoms with E-state index in [0.717, 1.165) is 30.0 Å². The molecule has 1 amide bonds. The Labute approximate surface area is 184 Å². The molecule has 2 N–H and O–H groups in total. The lowest BCUT2D eigenvalue weighted by Crippen LogP contribution is -2.39. The largest absolute Gasteiger partial charge is 0.340 e. The number of hydrogen-bond donors (Lipinski definition) is 2. The fraction of sp³-hybridized carbons (Fsp3) is 0.360. The molecule has 0 radical (unpaired) electrons. The second-order valence-corrected chi connectivity index (χ2v) is 8.57. The summed E-state index contributed by atoms with van der Waals surface area (Å²) in [6, 6.07) is 17.4. The summed E-state index contributed by atoms with van der Waals surface area (Å²) >= 11 is 0. The molecule has 0 bridgehead atoms.